The number of aryl methyl sites for hydroxylation is 1. The van der Waals surface area contributed by atoms with Gasteiger partial charge in [0.15, 0.2) is 11.6 Å². The molecule has 0 bridgehead atoms. The molecule has 2 aliphatic rings. The molecule has 0 spiro atoms. The lowest BCUT2D eigenvalue weighted by Crippen LogP contribution is -2.34. The van der Waals surface area contributed by atoms with Crippen LogP contribution >= 0.6 is 0 Å². The highest BCUT2D eigenvalue weighted by atomic mass is 19.1. The summed E-state index contributed by atoms with van der Waals surface area (Å²) in [4.78, 5) is 14.1. The Morgan fingerprint density at radius 1 is 0.970 bits per heavy atom. The van der Waals surface area contributed by atoms with Gasteiger partial charge in [0, 0.05) is 45.2 Å². The van der Waals surface area contributed by atoms with Crippen LogP contribution in [0.5, 0.6) is 11.6 Å². The predicted molar refractivity (Wildman–Crippen MR) is 124 cm³/mol. The molecule has 0 radical (unpaired) electrons. The van der Waals surface area contributed by atoms with Gasteiger partial charge in [-0.2, -0.15) is 4.98 Å². The molecule has 2 aliphatic heterocycles. The Bertz CT molecular complexity index is 1150. The van der Waals surface area contributed by atoms with Gasteiger partial charge < -0.3 is 9.64 Å². The fraction of sp³-hybridized carbons (Fsp3) is 0.385. The molecule has 3 heterocycles. The minimum absolute atomic E-state index is 0.0299. The summed E-state index contributed by atoms with van der Waals surface area (Å²) in [5.74, 6) is -0.409. The maximum Gasteiger partial charge on any atom is 0.229 e. The van der Waals surface area contributed by atoms with Crippen molar-refractivity contribution in [2.45, 2.75) is 45.7 Å². The highest BCUT2D eigenvalue weighted by Gasteiger charge is 2.26. The predicted octanol–water partition coefficient (Wildman–Crippen LogP) is 5.40. The summed E-state index contributed by atoms with van der Waals surface area (Å²) in [5, 5.41) is 0. The van der Waals surface area contributed by atoms with E-state index in [4.69, 9.17) is 14.7 Å². The van der Waals surface area contributed by atoms with Crippen LogP contribution in [0.15, 0.2) is 42.5 Å². The molecule has 172 valence electrons. The van der Waals surface area contributed by atoms with Crippen molar-refractivity contribution in [3.8, 4) is 11.6 Å². The first-order valence-corrected chi connectivity index (χ1v) is 11.6. The molecule has 1 saturated heterocycles. The minimum Gasteiger partial charge on any atom is -0.435 e. The molecule has 0 saturated carbocycles. The molecule has 7 heteroatoms. The molecule has 5 nitrogen and oxygen atoms in total. The van der Waals surface area contributed by atoms with Crippen molar-refractivity contribution in [2.75, 3.05) is 24.5 Å². The smallest absolute Gasteiger partial charge is 0.229 e. The van der Waals surface area contributed by atoms with E-state index in [0.717, 1.165) is 62.8 Å². The quantitative estimate of drug-likeness (QED) is 0.520. The number of rotatable bonds is 5. The maximum absolute atomic E-state index is 14.4. The van der Waals surface area contributed by atoms with E-state index in [0.29, 0.717) is 18.4 Å². The van der Waals surface area contributed by atoms with Crippen LogP contribution in [0.4, 0.5) is 14.7 Å². The molecule has 0 aliphatic carbocycles. The summed E-state index contributed by atoms with van der Waals surface area (Å²) in [6.07, 6.45) is 4.19. The summed E-state index contributed by atoms with van der Waals surface area (Å²) >= 11 is 0. The Labute approximate surface area is 193 Å². The number of hydrogen-bond donors (Lipinski definition) is 0. The number of anilines is 1. The van der Waals surface area contributed by atoms with Crippen LogP contribution in [-0.4, -0.2) is 34.5 Å². The van der Waals surface area contributed by atoms with Crippen molar-refractivity contribution in [1.29, 1.82) is 0 Å². The monoisotopic (exact) mass is 450 g/mol. The maximum atomic E-state index is 14.4. The second-order valence-electron chi connectivity index (χ2n) is 8.93. The Morgan fingerprint density at radius 3 is 2.61 bits per heavy atom. The van der Waals surface area contributed by atoms with E-state index in [-0.39, 0.29) is 5.75 Å². The third-order valence-corrected chi connectivity index (χ3v) is 6.32. The van der Waals surface area contributed by atoms with Gasteiger partial charge >= 0.3 is 0 Å². The average molecular weight is 451 g/mol. The second-order valence-corrected chi connectivity index (χ2v) is 8.93. The van der Waals surface area contributed by atoms with E-state index in [9.17, 15) is 8.78 Å². The minimum atomic E-state index is -0.741. The van der Waals surface area contributed by atoms with E-state index < -0.39 is 11.6 Å². The highest BCUT2D eigenvalue weighted by Crippen LogP contribution is 2.33. The van der Waals surface area contributed by atoms with Crippen molar-refractivity contribution in [1.82, 2.24) is 14.9 Å². The number of benzene rings is 2. The summed E-state index contributed by atoms with van der Waals surface area (Å²) < 4.78 is 33.8. The molecular formula is C26H28F2N4O. The molecular weight excluding hydrogens is 422 g/mol. The van der Waals surface area contributed by atoms with Crippen molar-refractivity contribution in [2.24, 2.45) is 0 Å². The first-order valence-electron chi connectivity index (χ1n) is 11.6. The topological polar surface area (TPSA) is 41.5 Å². The average Bonchev–Trinajstić information content (AvgIpc) is 2.81. The van der Waals surface area contributed by atoms with Crippen molar-refractivity contribution < 1.29 is 13.5 Å². The SMILES string of the molecule is Cc1cccc(CN2CCc3nc(N4CCCCC4)nc(Oc4ccc(F)cc4F)c3C2)c1. The zero-order valence-corrected chi connectivity index (χ0v) is 18.9. The Hall–Kier alpha value is -3.06. The molecule has 0 amide bonds. The fourth-order valence-electron chi connectivity index (χ4n) is 4.61. The summed E-state index contributed by atoms with van der Waals surface area (Å²) in [6.45, 7) is 6.20. The van der Waals surface area contributed by atoms with E-state index in [2.05, 4.69) is 41.0 Å². The van der Waals surface area contributed by atoms with Gasteiger partial charge in [-0.3, -0.25) is 4.90 Å². The fourth-order valence-corrected chi connectivity index (χ4v) is 4.61. The lowest BCUT2D eigenvalue weighted by molar-refractivity contribution is 0.237. The van der Waals surface area contributed by atoms with Crippen LogP contribution in [0.1, 0.15) is 41.6 Å². The largest absolute Gasteiger partial charge is 0.435 e. The number of aromatic nitrogens is 2. The number of ether oxygens (including phenoxy) is 1. The van der Waals surface area contributed by atoms with Gasteiger partial charge in [-0.15, -0.1) is 0 Å². The van der Waals surface area contributed by atoms with Crippen LogP contribution in [0.3, 0.4) is 0 Å². The normalized spacial score (nSPS) is 16.5. The van der Waals surface area contributed by atoms with E-state index in [1.807, 2.05) is 0 Å². The highest BCUT2D eigenvalue weighted by molar-refractivity contribution is 5.44. The van der Waals surface area contributed by atoms with Gasteiger partial charge in [0.1, 0.15) is 5.82 Å². The van der Waals surface area contributed by atoms with Crippen LogP contribution in [-0.2, 0) is 19.5 Å². The molecule has 0 N–H and O–H groups in total. The van der Waals surface area contributed by atoms with Gasteiger partial charge in [0.2, 0.25) is 11.8 Å². The molecule has 33 heavy (non-hydrogen) atoms. The van der Waals surface area contributed by atoms with Crippen molar-refractivity contribution in [3.05, 3.63) is 76.5 Å². The van der Waals surface area contributed by atoms with Crippen LogP contribution in [0.25, 0.3) is 0 Å². The van der Waals surface area contributed by atoms with Gasteiger partial charge in [-0.1, -0.05) is 29.8 Å². The van der Waals surface area contributed by atoms with Gasteiger partial charge in [-0.05, 0) is 43.9 Å². The lowest BCUT2D eigenvalue weighted by Gasteiger charge is -2.32. The summed E-state index contributed by atoms with van der Waals surface area (Å²) in [6, 6.07) is 11.8. The Kier molecular flexibility index (Phi) is 6.22. The molecule has 2 aromatic carbocycles. The van der Waals surface area contributed by atoms with Crippen molar-refractivity contribution >= 4 is 5.95 Å². The second kappa shape index (κ2) is 9.43. The number of nitrogens with zero attached hydrogens (tertiary/aromatic N) is 4. The van der Waals surface area contributed by atoms with E-state index in [1.165, 1.54) is 29.7 Å². The third-order valence-electron chi connectivity index (χ3n) is 6.32. The third kappa shape index (κ3) is 4.98. The zero-order valence-electron chi connectivity index (χ0n) is 18.9. The van der Waals surface area contributed by atoms with Crippen LogP contribution in [0.2, 0.25) is 0 Å². The van der Waals surface area contributed by atoms with E-state index >= 15 is 0 Å². The first kappa shape index (κ1) is 21.8. The molecule has 0 unspecified atom stereocenters. The van der Waals surface area contributed by atoms with Gasteiger partial charge in [0.05, 0.1) is 11.3 Å². The van der Waals surface area contributed by atoms with Gasteiger partial charge in [0.25, 0.3) is 0 Å². The van der Waals surface area contributed by atoms with Crippen LogP contribution < -0.4 is 9.64 Å². The molecule has 1 aromatic heterocycles. The van der Waals surface area contributed by atoms with Crippen molar-refractivity contribution in [3.63, 3.8) is 0 Å². The van der Waals surface area contributed by atoms with E-state index in [1.54, 1.807) is 0 Å². The molecule has 1 fully saturated rings. The van der Waals surface area contributed by atoms with Gasteiger partial charge in [-0.25, -0.2) is 13.8 Å². The molecule has 0 atom stereocenters. The number of halogens is 2. The molecule has 5 rings (SSSR count). The lowest BCUT2D eigenvalue weighted by atomic mass is 10.0. The zero-order chi connectivity index (χ0) is 22.8. The number of hydrogen-bond acceptors (Lipinski definition) is 5. The number of fused-ring (bicyclic) bond motifs is 1. The first-order chi connectivity index (χ1) is 16.0. The standard InChI is InChI=1S/C26H28F2N4O/c1-18-6-5-7-19(14-18)16-31-13-10-23-21(17-31)25(33-24-9-8-20(27)15-22(24)28)30-26(29-23)32-11-3-2-4-12-32/h5-9,14-15H,2-4,10-13,16-17H2,1H3. The number of piperidine rings is 1. The Balaban J connectivity index is 1.47. The Morgan fingerprint density at radius 2 is 1.82 bits per heavy atom. The summed E-state index contributed by atoms with van der Waals surface area (Å²) in [5.41, 5.74) is 4.30. The summed E-state index contributed by atoms with van der Waals surface area (Å²) in [7, 11) is 0. The van der Waals surface area contributed by atoms with Crippen LogP contribution in [0, 0.1) is 18.6 Å². The molecule has 3 aromatic rings.